The van der Waals surface area contributed by atoms with Crippen LogP contribution in [0.25, 0.3) is 0 Å². The molecule has 1 aromatic heterocycles. The second kappa shape index (κ2) is 9.49. The number of nitro groups is 1. The molecule has 2 aliphatic rings. The summed E-state index contributed by atoms with van der Waals surface area (Å²) in [5.74, 6) is -1.95. The second-order valence-corrected chi connectivity index (χ2v) is 9.25. The number of amides is 2. The molecule has 10 nitrogen and oxygen atoms in total. The molecule has 5 atom stereocenters. The minimum Gasteiger partial charge on any atom is -0.369 e. The molecule has 0 saturated heterocycles. The first kappa shape index (κ1) is 23.8. The number of aromatic nitrogens is 2. The van der Waals surface area contributed by atoms with Crippen molar-refractivity contribution in [3.05, 3.63) is 57.2 Å². The third-order valence-corrected chi connectivity index (χ3v) is 7.07. The lowest BCUT2D eigenvalue weighted by Crippen LogP contribution is -2.47. The number of nitro benzene ring substituents is 1. The van der Waals surface area contributed by atoms with E-state index in [1.807, 2.05) is 0 Å². The SMILES string of the molecule is CC(=O)N(Cc1cccc([N+](=O)[O-])c1)C[C@@H]1C[C@@H]2C[C@H]1[C@@H](Nc1nc(Cl)ncc1F)[C@H]2C(N)=O. The Morgan fingerprint density at radius 1 is 1.38 bits per heavy atom. The van der Waals surface area contributed by atoms with Crippen LogP contribution in [-0.2, 0) is 16.1 Å². The molecule has 2 aromatic rings. The highest BCUT2D eigenvalue weighted by atomic mass is 35.5. The summed E-state index contributed by atoms with van der Waals surface area (Å²) in [6, 6.07) is 5.71. The molecule has 1 heterocycles. The van der Waals surface area contributed by atoms with E-state index < -0.39 is 28.6 Å². The van der Waals surface area contributed by atoms with E-state index in [9.17, 15) is 24.1 Å². The van der Waals surface area contributed by atoms with Crippen molar-refractivity contribution in [2.45, 2.75) is 32.4 Å². The van der Waals surface area contributed by atoms with Gasteiger partial charge >= 0.3 is 0 Å². The van der Waals surface area contributed by atoms with Gasteiger partial charge in [-0.2, -0.15) is 4.98 Å². The van der Waals surface area contributed by atoms with Crippen molar-refractivity contribution in [2.24, 2.45) is 29.4 Å². The van der Waals surface area contributed by atoms with Crippen LogP contribution in [0.3, 0.4) is 0 Å². The van der Waals surface area contributed by atoms with Gasteiger partial charge in [-0.15, -0.1) is 0 Å². The van der Waals surface area contributed by atoms with E-state index in [1.165, 1.54) is 19.1 Å². The van der Waals surface area contributed by atoms with Crippen molar-refractivity contribution >= 4 is 34.9 Å². The van der Waals surface area contributed by atoms with E-state index >= 15 is 0 Å². The smallest absolute Gasteiger partial charge is 0.269 e. The van der Waals surface area contributed by atoms with Gasteiger partial charge < -0.3 is 16.0 Å². The first-order valence-corrected chi connectivity index (χ1v) is 11.2. The number of halogens is 2. The Balaban J connectivity index is 1.53. The fraction of sp³-hybridized carbons (Fsp3) is 0.455. The zero-order valence-electron chi connectivity index (χ0n) is 18.4. The zero-order chi connectivity index (χ0) is 24.6. The molecule has 0 unspecified atom stereocenters. The van der Waals surface area contributed by atoms with Gasteiger partial charge in [0.2, 0.25) is 17.1 Å². The quantitative estimate of drug-likeness (QED) is 0.329. The van der Waals surface area contributed by atoms with E-state index in [2.05, 4.69) is 15.3 Å². The van der Waals surface area contributed by atoms with Gasteiger partial charge in [0.15, 0.2) is 11.6 Å². The molecule has 1 aromatic carbocycles. The van der Waals surface area contributed by atoms with Gasteiger partial charge in [-0.25, -0.2) is 9.37 Å². The fourth-order valence-electron chi connectivity index (χ4n) is 5.49. The van der Waals surface area contributed by atoms with Gasteiger partial charge in [-0.3, -0.25) is 19.7 Å². The minimum atomic E-state index is -0.692. The summed E-state index contributed by atoms with van der Waals surface area (Å²) < 4.78 is 14.3. The highest BCUT2D eigenvalue weighted by molar-refractivity contribution is 6.28. The summed E-state index contributed by atoms with van der Waals surface area (Å²) in [6.45, 7) is 2.07. The number of hydrogen-bond donors (Lipinski definition) is 2. The molecule has 0 spiro atoms. The number of nitrogens with two attached hydrogens (primary N) is 1. The summed E-state index contributed by atoms with van der Waals surface area (Å²) in [4.78, 5) is 44.4. The van der Waals surface area contributed by atoms with E-state index in [1.54, 1.807) is 17.0 Å². The Bertz CT molecular complexity index is 1130. The Hall–Kier alpha value is -3.34. The summed E-state index contributed by atoms with van der Waals surface area (Å²) in [7, 11) is 0. The van der Waals surface area contributed by atoms with Crippen molar-refractivity contribution in [2.75, 3.05) is 11.9 Å². The highest BCUT2D eigenvalue weighted by Gasteiger charge is 2.55. The van der Waals surface area contributed by atoms with Crippen LogP contribution < -0.4 is 11.1 Å². The zero-order valence-corrected chi connectivity index (χ0v) is 19.1. The molecule has 180 valence electrons. The standard InChI is InChI=1S/C22H24ClFN6O4/c1-11(31)29(9-12-3-2-4-15(5-12)30(33)34)10-14-6-13-7-16(14)19(18(13)20(25)32)27-21-17(24)8-26-22(23)28-21/h2-5,8,13-14,16,18-19H,6-7,9-10H2,1H3,(H2,25,32)(H,26,27,28)/t13-,14+,16-,18+,19-/m1/s1. The number of carbonyl (C=O) groups is 2. The molecule has 2 fully saturated rings. The summed E-state index contributed by atoms with van der Waals surface area (Å²) >= 11 is 5.81. The van der Waals surface area contributed by atoms with Crippen LogP contribution in [0.5, 0.6) is 0 Å². The Morgan fingerprint density at radius 2 is 2.15 bits per heavy atom. The first-order valence-electron chi connectivity index (χ1n) is 10.9. The summed E-state index contributed by atoms with van der Waals surface area (Å²) in [5.41, 5.74) is 6.29. The number of primary amides is 1. The largest absolute Gasteiger partial charge is 0.369 e. The molecule has 2 bridgehead atoms. The maximum atomic E-state index is 14.3. The third-order valence-electron chi connectivity index (χ3n) is 6.88. The van der Waals surface area contributed by atoms with Crippen LogP contribution in [0.4, 0.5) is 15.9 Å². The molecule has 2 saturated carbocycles. The molecule has 2 aliphatic carbocycles. The summed E-state index contributed by atoms with van der Waals surface area (Å²) in [5, 5.41) is 14.0. The number of benzene rings is 1. The number of non-ortho nitro benzene ring substituents is 1. The molecule has 0 radical (unpaired) electrons. The van der Waals surface area contributed by atoms with Gasteiger partial charge in [0, 0.05) is 38.2 Å². The highest BCUT2D eigenvalue weighted by Crippen LogP contribution is 2.53. The first-order chi connectivity index (χ1) is 16.1. The average molecular weight is 491 g/mol. The van der Waals surface area contributed by atoms with E-state index in [0.717, 1.165) is 6.20 Å². The monoisotopic (exact) mass is 490 g/mol. The predicted molar refractivity (Wildman–Crippen MR) is 121 cm³/mol. The van der Waals surface area contributed by atoms with Crippen LogP contribution in [0, 0.1) is 39.6 Å². The van der Waals surface area contributed by atoms with E-state index in [0.29, 0.717) is 24.9 Å². The molecule has 0 aliphatic heterocycles. The molecular weight excluding hydrogens is 467 g/mol. The van der Waals surface area contributed by atoms with Gasteiger partial charge in [-0.05, 0) is 47.8 Å². The lowest BCUT2D eigenvalue weighted by molar-refractivity contribution is -0.384. The maximum Gasteiger partial charge on any atom is 0.269 e. The van der Waals surface area contributed by atoms with Crippen LogP contribution in [0.15, 0.2) is 30.5 Å². The van der Waals surface area contributed by atoms with Crippen molar-refractivity contribution in [1.29, 1.82) is 0 Å². The lowest BCUT2D eigenvalue weighted by atomic mass is 9.77. The predicted octanol–water partition coefficient (Wildman–Crippen LogP) is 2.76. The van der Waals surface area contributed by atoms with Gasteiger partial charge in [0.05, 0.1) is 17.0 Å². The van der Waals surface area contributed by atoms with Crippen LogP contribution in [-0.4, -0.2) is 44.2 Å². The molecule has 3 N–H and O–H groups in total. The van der Waals surface area contributed by atoms with Crippen molar-refractivity contribution < 1.29 is 18.9 Å². The second-order valence-electron chi connectivity index (χ2n) is 8.92. The third kappa shape index (κ3) is 4.79. The molecule has 12 heteroatoms. The van der Waals surface area contributed by atoms with E-state index in [4.69, 9.17) is 17.3 Å². The normalized spacial score (nSPS) is 25.2. The van der Waals surface area contributed by atoms with Crippen LogP contribution >= 0.6 is 11.6 Å². The molecule has 2 amide bonds. The van der Waals surface area contributed by atoms with Crippen molar-refractivity contribution in [3.8, 4) is 0 Å². The fourth-order valence-corrected chi connectivity index (χ4v) is 5.62. The van der Waals surface area contributed by atoms with Gasteiger partial charge in [-0.1, -0.05) is 12.1 Å². The van der Waals surface area contributed by atoms with Gasteiger partial charge in [0.25, 0.3) is 5.69 Å². The molecule has 34 heavy (non-hydrogen) atoms. The topological polar surface area (TPSA) is 144 Å². The van der Waals surface area contributed by atoms with Crippen molar-refractivity contribution in [3.63, 3.8) is 0 Å². The van der Waals surface area contributed by atoms with Gasteiger partial charge in [0.1, 0.15) is 0 Å². The summed E-state index contributed by atoms with van der Waals surface area (Å²) in [6.07, 6.45) is 2.36. The van der Waals surface area contributed by atoms with Crippen LogP contribution in [0.1, 0.15) is 25.3 Å². The average Bonchev–Trinajstić information content (AvgIpc) is 3.34. The Morgan fingerprint density at radius 3 is 2.82 bits per heavy atom. The van der Waals surface area contributed by atoms with Crippen molar-refractivity contribution in [1.82, 2.24) is 14.9 Å². The minimum absolute atomic E-state index is 0.00279. The number of nitrogens with zero attached hydrogens (tertiary/aromatic N) is 4. The number of fused-ring (bicyclic) bond motifs is 2. The number of nitrogens with one attached hydrogen (secondary N) is 1. The number of rotatable bonds is 8. The van der Waals surface area contributed by atoms with Crippen LogP contribution in [0.2, 0.25) is 5.28 Å². The van der Waals surface area contributed by atoms with E-state index in [-0.39, 0.29) is 47.0 Å². The number of hydrogen-bond acceptors (Lipinski definition) is 7. The number of anilines is 1. The Labute approximate surface area is 199 Å². The number of carbonyl (C=O) groups excluding carboxylic acids is 2. The Kier molecular flexibility index (Phi) is 6.65. The molecular formula is C22H24ClFN6O4. The molecule has 4 rings (SSSR count). The maximum absolute atomic E-state index is 14.3. The lowest BCUT2D eigenvalue weighted by Gasteiger charge is -2.37.